The molecule has 1 amide bonds. The fourth-order valence-corrected chi connectivity index (χ4v) is 2.08. The summed E-state index contributed by atoms with van der Waals surface area (Å²) in [5.41, 5.74) is -1.31. The van der Waals surface area contributed by atoms with E-state index in [1.165, 1.54) is 24.3 Å². The third kappa shape index (κ3) is 4.83. The number of nitrogens with zero attached hydrogens (tertiary/aromatic N) is 1. The summed E-state index contributed by atoms with van der Waals surface area (Å²) in [7, 11) is 0. The van der Waals surface area contributed by atoms with Crippen LogP contribution in [0.25, 0.3) is 0 Å². The van der Waals surface area contributed by atoms with E-state index in [1.807, 2.05) is 0 Å². The van der Waals surface area contributed by atoms with Gasteiger partial charge in [0.2, 0.25) is 0 Å². The highest BCUT2D eigenvalue weighted by molar-refractivity contribution is 6.33. The molecule has 0 unspecified atom stereocenters. The summed E-state index contributed by atoms with van der Waals surface area (Å²) in [5.74, 6) is -0.846. The molecule has 0 bridgehead atoms. The Morgan fingerprint density at radius 2 is 1.92 bits per heavy atom. The van der Waals surface area contributed by atoms with Gasteiger partial charge in [0, 0.05) is 6.07 Å². The number of benzene rings is 2. The second kappa shape index (κ2) is 7.39. The number of halogens is 4. The number of nitro benzene ring substituents is 1. The molecule has 0 aliphatic carbocycles. The molecule has 2 rings (SSSR count). The Labute approximate surface area is 144 Å². The quantitative estimate of drug-likeness (QED) is 0.625. The summed E-state index contributed by atoms with van der Waals surface area (Å²) in [4.78, 5) is 22.0. The molecule has 0 aliphatic rings. The van der Waals surface area contributed by atoms with Crippen LogP contribution in [0.3, 0.4) is 0 Å². The number of alkyl halides is 3. The molecular weight excluding hydrogens is 365 g/mol. The largest absolute Gasteiger partial charge is 0.477 e. The van der Waals surface area contributed by atoms with Crippen LogP contribution in [-0.2, 0) is 11.0 Å². The van der Waals surface area contributed by atoms with Gasteiger partial charge in [-0.05, 0) is 24.3 Å². The Morgan fingerprint density at radius 1 is 1.24 bits per heavy atom. The third-order valence-corrected chi connectivity index (χ3v) is 3.30. The first-order valence-electron chi connectivity index (χ1n) is 6.71. The molecule has 0 aromatic heterocycles. The average molecular weight is 375 g/mol. The fourth-order valence-electron chi connectivity index (χ4n) is 1.85. The van der Waals surface area contributed by atoms with Crippen molar-refractivity contribution in [2.75, 3.05) is 11.9 Å². The predicted octanol–water partition coefficient (Wildman–Crippen LogP) is 4.28. The van der Waals surface area contributed by atoms with Gasteiger partial charge in [0.05, 0.1) is 21.2 Å². The van der Waals surface area contributed by atoms with Crippen LogP contribution in [0.1, 0.15) is 5.56 Å². The van der Waals surface area contributed by atoms with Crippen molar-refractivity contribution < 1.29 is 27.6 Å². The molecule has 6 nitrogen and oxygen atoms in total. The first kappa shape index (κ1) is 18.5. The molecule has 132 valence electrons. The highest BCUT2D eigenvalue weighted by Gasteiger charge is 2.31. The van der Waals surface area contributed by atoms with Crippen LogP contribution in [-0.4, -0.2) is 17.4 Å². The van der Waals surface area contributed by atoms with Gasteiger partial charge in [-0.15, -0.1) is 0 Å². The molecule has 2 aromatic rings. The van der Waals surface area contributed by atoms with E-state index in [2.05, 4.69) is 5.32 Å². The summed E-state index contributed by atoms with van der Waals surface area (Å²) in [6, 6.07) is 7.91. The van der Waals surface area contributed by atoms with Gasteiger partial charge in [0.1, 0.15) is 0 Å². The maximum absolute atomic E-state index is 12.6. The predicted molar refractivity (Wildman–Crippen MR) is 83.7 cm³/mol. The third-order valence-electron chi connectivity index (χ3n) is 2.99. The van der Waals surface area contributed by atoms with Gasteiger partial charge >= 0.3 is 11.9 Å². The minimum Gasteiger partial charge on any atom is -0.477 e. The fraction of sp³-hybridized carbons (Fsp3) is 0.133. The van der Waals surface area contributed by atoms with Crippen LogP contribution >= 0.6 is 11.6 Å². The Morgan fingerprint density at radius 3 is 2.52 bits per heavy atom. The van der Waals surface area contributed by atoms with Crippen LogP contribution in [0.4, 0.5) is 24.5 Å². The molecule has 0 radical (unpaired) electrons. The van der Waals surface area contributed by atoms with Gasteiger partial charge in [-0.25, -0.2) is 0 Å². The summed E-state index contributed by atoms with van der Waals surface area (Å²) < 4.78 is 42.7. The molecule has 0 fully saturated rings. The van der Waals surface area contributed by atoms with Crippen molar-refractivity contribution in [3.05, 3.63) is 63.2 Å². The van der Waals surface area contributed by atoms with E-state index in [0.29, 0.717) is 6.07 Å². The number of anilines is 1. The zero-order valence-corrected chi connectivity index (χ0v) is 13.1. The van der Waals surface area contributed by atoms with E-state index in [1.54, 1.807) is 0 Å². The van der Waals surface area contributed by atoms with E-state index in [-0.39, 0.29) is 22.1 Å². The summed E-state index contributed by atoms with van der Waals surface area (Å²) in [6.45, 7) is -0.581. The second-order valence-electron chi connectivity index (χ2n) is 4.75. The van der Waals surface area contributed by atoms with E-state index < -0.39 is 29.2 Å². The van der Waals surface area contributed by atoms with E-state index in [9.17, 15) is 28.1 Å². The monoisotopic (exact) mass is 374 g/mol. The minimum atomic E-state index is -4.55. The zero-order chi connectivity index (χ0) is 18.6. The van der Waals surface area contributed by atoms with Crippen molar-refractivity contribution in [2.24, 2.45) is 0 Å². The van der Waals surface area contributed by atoms with Gasteiger partial charge < -0.3 is 10.1 Å². The zero-order valence-electron chi connectivity index (χ0n) is 12.3. The molecular formula is C15H10ClF3N2O4. The number of rotatable bonds is 5. The lowest BCUT2D eigenvalue weighted by Gasteiger charge is -2.11. The van der Waals surface area contributed by atoms with Gasteiger partial charge in [-0.2, -0.15) is 13.2 Å². The lowest BCUT2D eigenvalue weighted by atomic mass is 10.2. The number of carbonyl (C=O) groups is 1. The molecule has 0 saturated carbocycles. The molecule has 1 N–H and O–H groups in total. The first-order valence-corrected chi connectivity index (χ1v) is 7.09. The van der Waals surface area contributed by atoms with Gasteiger partial charge in [-0.1, -0.05) is 23.7 Å². The summed E-state index contributed by atoms with van der Waals surface area (Å²) in [6.07, 6.45) is -4.55. The van der Waals surface area contributed by atoms with Crippen molar-refractivity contribution >= 4 is 28.9 Å². The van der Waals surface area contributed by atoms with E-state index in [4.69, 9.17) is 16.3 Å². The number of ether oxygens (including phenoxy) is 1. The second-order valence-corrected chi connectivity index (χ2v) is 5.16. The molecule has 0 saturated heterocycles. The topological polar surface area (TPSA) is 81.5 Å². The minimum absolute atomic E-state index is 0.0363. The Balaban J connectivity index is 2.03. The number of amides is 1. The maximum Gasteiger partial charge on any atom is 0.416 e. The molecule has 0 spiro atoms. The Hall–Kier alpha value is -2.81. The van der Waals surface area contributed by atoms with Crippen LogP contribution in [0.5, 0.6) is 5.75 Å². The number of nitrogens with one attached hydrogen (secondary N) is 1. The number of nitro groups is 1. The highest BCUT2D eigenvalue weighted by atomic mass is 35.5. The first-order chi connectivity index (χ1) is 11.7. The number of para-hydroxylation sites is 2. The van der Waals surface area contributed by atoms with E-state index >= 15 is 0 Å². The Bertz CT molecular complexity index is 812. The van der Waals surface area contributed by atoms with Crippen LogP contribution in [0, 0.1) is 10.1 Å². The molecule has 25 heavy (non-hydrogen) atoms. The van der Waals surface area contributed by atoms with Crippen molar-refractivity contribution in [3.63, 3.8) is 0 Å². The standard InChI is InChI=1S/C15H10ClF3N2O4/c16-10-7-9(15(17,18)19)5-6-11(10)20-14(22)8-25-13-4-2-1-3-12(13)21(23)24/h1-7H,8H2,(H,20,22). The van der Waals surface area contributed by atoms with E-state index in [0.717, 1.165) is 12.1 Å². The lowest BCUT2D eigenvalue weighted by molar-refractivity contribution is -0.385. The number of hydrogen-bond acceptors (Lipinski definition) is 4. The molecule has 0 heterocycles. The van der Waals surface area contributed by atoms with Crippen LogP contribution in [0.15, 0.2) is 42.5 Å². The molecule has 2 aromatic carbocycles. The average Bonchev–Trinajstić information content (AvgIpc) is 2.54. The summed E-state index contributed by atoms with van der Waals surface area (Å²) >= 11 is 5.72. The summed E-state index contributed by atoms with van der Waals surface area (Å²) in [5, 5.41) is 12.8. The van der Waals surface area contributed by atoms with Crippen molar-refractivity contribution in [3.8, 4) is 5.75 Å². The molecule has 10 heteroatoms. The van der Waals surface area contributed by atoms with Crippen molar-refractivity contribution in [2.45, 2.75) is 6.18 Å². The highest BCUT2D eigenvalue weighted by Crippen LogP contribution is 2.33. The van der Waals surface area contributed by atoms with Gasteiger partial charge in [0.15, 0.2) is 12.4 Å². The van der Waals surface area contributed by atoms with Crippen LogP contribution < -0.4 is 10.1 Å². The lowest BCUT2D eigenvalue weighted by Crippen LogP contribution is -2.20. The Kier molecular flexibility index (Phi) is 5.48. The molecule has 0 aliphatic heterocycles. The number of carbonyl (C=O) groups excluding carboxylic acids is 1. The molecule has 0 atom stereocenters. The normalized spacial score (nSPS) is 11.0. The van der Waals surface area contributed by atoms with Crippen molar-refractivity contribution in [1.82, 2.24) is 0 Å². The SMILES string of the molecule is O=C(COc1ccccc1[N+](=O)[O-])Nc1ccc(C(F)(F)F)cc1Cl. The smallest absolute Gasteiger partial charge is 0.416 e. The number of hydrogen-bond donors (Lipinski definition) is 1. The maximum atomic E-state index is 12.6. The van der Waals surface area contributed by atoms with Crippen LogP contribution in [0.2, 0.25) is 5.02 Å². The van der Waals surface area contributed by atoms with Crippen molar-refractivity contribution in [1.29, 1.82) is 0 Å². The van der Waals surface area contributed by atoms with Gasteiger partial charge in [0.25, 0.3) is 5.91 Å². The van der Waals surface area contributed by atoms with Gasteiger partial charge in [-0.3, -0.25) is 14.9 Å².